The molecule has 4 aromatic carbocycles. The third-order valence-corrected chi connectivity index (χ3v) is 9.65. The second-order valence-electron chi connectivity index (χ2n) is 13.6. The highest BCUT2D eigenvalue weighted by Crippen LogP contribution is 2.20. The minimum atomic E-state index is 1.00. The molecule has 0 radical (unpaired) electrons. The normalized spacial score (nSPS) is 11.1. The Morgan fingerprint density at radius 3 is 0.863 bits per heavy atom. The van der Waals surface area contributed by atoms with Crippen LogP contribution < -0.4 is 13.7 Å². The van der Waals surface area contributed by atoms with Gasteiger partial charge in [0.05, 0.1) is 0 Å². The molecule has 0 atom stereocenters. The molecule has 0 N–H and O–H groups in total. The number of pyridine rings is 3. The molecular weight excluding hydrogens is 619 g/mol. The number of rotatable bonds is 15. The molecule has 3 heteroatoms. The van der Waals surface area contributed by atoms with E-state index < -0.39 is 0 Å². The average molecular weight is 667 g/mol. The Bertz CT molecular complexity index is 1870. The van der Waals surface area contributed by atoms with E-state index in [1.54, 1.807) is 0 Å². The number of benzene rings is 4. The van der Waals surface area contributed by atoms with Crippen molar-refractivity contribution in [1.29, 1.82) is 0 Å². The number of hydrogen-bond donors (Lipinski definition) is 0. The molecule has 0 saturated heterocycles. The molecule has 0 spiro atoms. The quantitative estimate of drug-likeness (QED) is 0.0967. The van der Waals surface area contributed by atoms with E-state index in [9.17, 15) is 0 Å². The molecule has 0 fully saturated rings. The van der Waals surface area contributed by atoms with Crippen LogP contribution in [-0.4, -0.2) is 0 Å². The summed E-state index contributed by atoms with van der Waals surface area (Å²) >= 11 is 0. The van der Waals surface area contributed by atoms with E-state index in [-0.39, 0.29) is 0 Å². The van der Waals surface area contributed by atoms with E-state index in [0.717, 1.165) is 58.2 Å². The maximum atomic E-state index is 2.47. The van der Waals surface area contributed by atoms with Gasteiger partial charge in [0.1, 0.15) is 19.6 Å². The van der Waals surface area contributed by atoms with E-state index in [4.69, 9.17) is 0 Å². The van der Waals surface area contributed by atoms with Gasteiger partial charge in [-0.25, -0.2) is 13.7 Å². The van der Waals surface area contributed by atoms with Crippen LogP contribution in [0.15, 0.2) is 183 Å². The van der Waals surface area contributed by atoms with Gasteiger partial charge in [-0.3, -0.25) is 0 Å². The summed E-state index contributed by atoms with van der Waals surface area (Å²) in [5.74, 6) is 0. The van der Waals surface area contributed by atoms with Gasteiger partial charge in [-0.2, -0.15) is 0 Å². The zero-order valence-corrected chi connectivity index (χ0v) is 29.5. The van der Waals surface area contributed by atoms with Crippen LogP contribution in [0.25, 0.3) is 33.4 Å². The van der Waals surface area contributed by atoms with Gasteiger partial charge in [0.2, 0.25) is 0 Å². The van der Waals surface area contributed by atoms with Gasteiger partial charge in [-0.15, -0.1) is 0 Å². The fourth-order valence-corrected chi connectivity index (χ4v) is 7.06. The van der Waals surface area contributed by atoms with Crippen molar-refractivity contribution >= 4 is 0 Å². The average Bonchev–Trinajstić information content (AvgIpc) is 3.19. The summed E-state index contributed by atoms with van der Waals surface area (Å²) in [6, 6.07) is 52.5. The van der Waals surface area contributed by atoms with Crippen molar-refractivity contribution in [2.75, 3.05) is 0 Å². The van der Waals surface area contributed by atoms with Gasteiger partial charge in [0.25, 0.3) is 0 Å². The SMILES string of the molecule is c1ccc(-c2ccc[n+](CCCc3cc(CCC[n+]4cccc(-c5ccccc5)c4)cc(CCC[n+]4cccc(-c5ccccc5)c4)c3)c2)cc1. The van der Waals surface area contributed by atoms with Crippen LogP contribution >= 0.6 is 0 Å². The van der Waals surface area contributed by atoms with Crippen molar-refractivity contribution in [3.05, 3.63) is 199 Å². The number of nitrogens with zero attached hydrogens (tertiary/aromatic N) is 3. The minimum absolute atomic E-state index is 1.00. The first-order valence-corrected chi connectivity index (χ1v) is 18.5. The van der Waals surface area contributed by atoms with Crippen LogP contribution in [-0.2, 0) is 38.9 Å². The second-order valence-corrected chi connectivity index (χ2v) is 13.6. The Labute approximate surface area is 303 Å². The lowest BCUT2D eigenvalue weighted by atomic mass is 9.97. The van der Waals surface area contributed by atoms with Crippen LogP contribution in [0, 0.1) is 0 Å². The van der Waals surface area contributed by atoms with Crippen molar-refractivity contribution in [3.63, 3.8) is 0 Å². The van der Waals surface area contributed by atoms with Crippen molar-refractivity contribution in [2.45, 2.75) is 58.2 Å². The third kappa shape index (κ3) is 9.73. The van der Waals surface area contributed by atoms with Crippen molar-refractivity contribution in [3.8, 4) is 33.4 Å². The lowest BCUT2D eigenvalue weighted by Crippen LogP contribution is -2.33. The largest absolute Gasteiger partial charge is 0.205 e. The fraction of sp³-hybridized carbons (Fsp3) is 0.188. The highest BCUT2D eigenvalue weighted by atomic mass is 14.9. The van der Waals surface area contributed by atoms with Crippen molar-refractivity contribution in [2.24, 2.45) is 0 Å². The molecule has 0 aliphatic carbocycles. The van der Waals surface area contributed by atoms with Gasteiger partial charge < -0.3 is 0 Å². The fourth-order valence-electron chi connectivity index (χ4n) is 7.06. The Balaban J connectivity index is 1.01. The number of aromatic nitrogens is 3. The first-order valence-electron chi connectivity index (χ1n) is 18.5. The Morgan fingerprint density at radius 2 is 0.569 bits per heavy atom. The molecule has 3 aromatic heterocycles. The van der Waals surface area contributed by atoms with E-state index in [2.05, 4.69) is 196 Å². The predicted octanol–water partition coefficient (Wildman–Crippen LogP) is 9.45. The predicted molar refractivity (Wildman–Crippen MR) is 208 cm³/mol. The molecule has 3 heterocycles. The first kappa shape index (κ1) is 33.8. The van der Waals surface area contributed by atoms with Crippen LogP contribution in [0.2, 0.25) is 0 Å². The van der Waals surface area contributed by atoms with E-state index >= 15 is 0 Å². The smallest absolute Gasteiger partial charge is 0.176 e. The lowest BCUT2D eigenvalue weighted by molar-refractivity contribution is -0.696. The molecule has 0 aliphatic rings. The molecule has 7 rings (SSSR count). The summed E-state index contributed by atoms with van der Waals surface area (Å²) in [7, 11) is 0. The highest BCUT2D eigenvalue weighted by molar-refractivity contribution is 5.62. The van der Waals surface area contributed by atoms with Crippen molar-refractivity contribution in [1.82, 2.24) is 0 Å². The minimum Gasteiger partial charge on any atom is -0.205 e. The van der Waals surface area contributed by atoms with Gasteiger partial charge in [-0.05, 0) is 70.8 Å². The maximum absolute atomic E-state index is 2.47. The molecule has 51 heavy (non-hydrogen) atoms. The molecule has 0 amide bonds. The van der Waals surface area contributed by atoms with Gasteiger partial charge in [0, 0.05) is 54.2 Å². The first-order chi connectivity index (χ1) is 25.2. The molecule has 252 valence electrons. The van der Waals surface area contributed by atoms with Gasteiger partial charge in [-0.1, -0.05) is 109 Å². The summed E-state index contributed by atoms with van der Waals surface area (Å²) in [5.41, 5.74) is 12.0. The molecule has 3 nitrogen and oxygen atoms in total. The van der Waals surface area contributed by atoms with Crippen LogP contribution in [0.1, 0.15) is 36.0 Å². The zero-order valence-electron chi connectivity index (χ0n) is 29.5. The Morgan fingerprint density at radius 1 is 0.294 bits per heavy atom. The third-order valence-electron chi connectivity index (χ3n) is 9.65. The molecule has 0 unspecified atom stereocenters. The Hall–Kier alpha value is -5.67. The van der Waals surface area contributed by atoms with Crippen LogP contribution in [0.5, 0.6) is 0 Å². The topological polar surface area (TPSA) is 11.6 Å². The summed E-state index contributed by atoms with van der Waals surface area (Å²) in [5, 5.41) is 0. The van der Waals surface area contributed by atoms with E-state index in [1.165, 1.54) is 50.1 Å². The number of aryl methyl sites for hydroxylation is 6. The van der Waals surface area contributed by atoms with Crippen molar-refractivity contribution < 1.29 is 13.7 Å². The van der Waals surface area contributed by atoms with E-state index in [0.29, 0.717) is 0 Å². The molecule has 0 saturated carbocycles. The molecule has 7 aromatic rings. The molecule has 0 bridgehead atoms. The summed E-state index contributed by atoms with van der Waals surface area (Å²) < 4.78 is 7.03. The van der Waals surface area contributed by atoms with Crippen LogP contribution in [0.3, 0.4) is 0 Å². The summed E-state index contributed by atoms with van der Waals surface area (Å²) in [4.78, 5) is 0. The maximum Gasteiger partial charge on any atom is 0.176 e. The second kappa shape index (κ2) is 17.3. The summed E-state index contributed by atoms with van der Waals surface area (Å²) in [6.07, 6.45) is 20.0. The highest BCUT2D eigenvalue weighted by Gasteiger charge is 2.11. The monoisotopic (exact) mass is 666 g/mol. The van der Waals surface area contributed by atoms with Crippen LogP contribution in [0.4, 0.5) is 0 Å². The van der Waals surface area contributed by atoms with E-state index in [1.807, 2.05) is 0 Å². The molecular formula is C48H48N3+3. The van der Waals surface area contributed by atoms with Gasteiger partial charge in [0.15, 0.2) is 37.2 Å². The Kier molecular flexibility index (Phi) is 11.5. The lowest BCUT2D eigenvalue weighted by Gasteiger charge is -2.10. The molecule has 0 aliphatic heterocycles. The standard InChI is InChI=1S/C48H48N3/c1-4-19-43(20-5-1)46-25-13-31-49(37-46)28-10-16-40-34-41(17-11-29-50-32-14-26-47(38-50)44-21-6-2-7-22-44)36-42(35-40)18-12-30-51-33-15-27-48(39-51)45-23-8-3-9-24-45/h1-9,13-15,19-27,31-39H,10-12,16-18,28-30H2/q+3. The summed E-state index contributed by atoms with van der Waals surface area (Å²) in [6.45, 7) is 3.01. The van der Waals surface area contributed by atoms with Gasteiger partial charge >= 0.3 is 0 Å². The number of hydrogen-bond acceptors (Lipinski definition) is 0. The zero-order chi connectivity index (χ0) is 34.5.